The van der Waals surface area contributed by atoms with E-state index in [1.54, 1.807) is 0 Å². The Hall–Kier alpha value is -3.05. The van der Waals surface area contributed by atoms with Crippen LogP contribution in [0.3, 0.4) is 0 Å². The Kier molecular flexibility index (Phi) is 61.5. The normalized spacial score (nSPS) is 25.7. The first-order valence-electron chi connectivity index (χ1n) is 45.5. The summed E-state index contributed by atoms with van der Waals surface area (Å²) in [5.41, 5.74) is 0. The number of hydrogen-bond acceptors (Lipinski definition) is 24. The zero-order valence-corrected chi connectivity index (χ0v) is 71.9. The van der Waals surface area contributed by atoms with Crippen LogP contribution in [0.2, 0.25) is 0 Å². The Balaban J connectivity index is 1.94. The van der Waals surface area contributed by atoms with Gasteiger partial charge in [0.2, 0.25) is 0 Å². The van der Waals surface area contributed by atoms with Gasteiger partial charge in [0.1, 0.15) is 92.6 Å². The van der Waals surface area contributed by atoms with Crippen molar-refractivity contribution in [1.29, 1.82) is 0 Å². The number of rotatable bonds is 72. The number of aliphatic hydroxyl groups is 9. The van der Waals surface area contributed by atoms with Gasteiger partial charge in [-0.15, -0.1) is 0 Å². The molecule has 0 aromatic carbocycles. The molecule has 0 spiro atoms. The quantitative estimate of drug-likeness (QED) is 0.00889. The molecule has 2 heterocycles. The lowest BCUT2D eigenvalue weighted by Crippen LogP contribution is -2.70. The van der Waals surface area contributed by atoms with Gasteiger partial charge in [0.15, 0.2) is 24.8 Å². The molecule has 3 aliphatic rings. The van der Waals surface area contributed by atoms with Crippen molar-refractivity contribution in [3.05, 3.63) is 24.3 Å². The minimum Gasteiger partial charge on any atom is -0.463 e. The fourth-order valence-corrected chi connectivity index (χ4v) is 15.9. The lowest BCUT2D eigenvalue weighted by molar-refractivity contribution is -0.360. The van der Waals surface area contributed by atoms with Crippen LogP contribution >= 0.6 is 7.82 Å². The van der Waals surface area contributed by atoms with Gasteiger partial charge in [0, 0.05) is 25.7 Å². The highest BCUT2D eigenvalue weighted by molar-refractivity contribution is 7.47. The number of carbonyl (C=O) groups excluding carboxylic acids is 4. The number of hydrogen-bond donors (Lipinski definition) is 10. The molecule has 0 radical (unpaired) electrons. The molecule has 2 aliphatic heterocycles. The first-order valence-corrected chi connectivity index (χ1v) is 47.0. The number of phosphoric acid groups is 1. The van der Waals surface area contributed by atoms with Crippen LogP contribution in [0.5, 0.6) is 0 Å². The van der Waals surface area contributed by atoms with Gasteiger partial charge in [-0.05, 0) is 83.0 Å². The summed E-state index contributed by atoms with van der Waals surface area (Å²) in [6.07, 6.45) is 23.5. The number of allylic oxidation sites excluding steroid dienone is 4. The van der Waals surface area contributed by atoms with Gasteiger partial charge in [-0.1, -0.05) is 296 Å². The summed E-state index contributed by atoms with van der Waals surface area (Å²) in [7, 11) is -5.81. The third-order valence-corrected chi connectivity index (χ3v) is 23.3. The third-order valence-electron chi connectivity index (χ3n) is 22.3. The average molecular weight is 1650 g/mol. The smallest absolute Gasteiger partial charge is 0.463 e. The molecule has 3 fully saturated rings. The molecule has 0 aromatic heterocycles. The molecule has 0 bridgehead atoms. The number of ether oxygens (including phenoxy) is 8. The van der Waals surface area contributed by atoms with Crippen LogP contribution in [-0.2, 0) is 70.7 Å². The summed E-state index contributed by atoms with van der Waals surface area (Å²) < 4.78 is 73.3. The van der Waals surface area contributed by atoms with E-state index in [0.29, 0.717) is 44.4 Å². The van der Waals surface area contributed by atoms with Crippen molar-refractivity contribution in [3.63, 3.8) is 0 Å². The van der Waals surface area contributed by atoms with Crippen molar-refractivity contribution in [2.24, 2.45) is 5.92 Å². The summed E-state index contributed by atoms with van der Waals surface area (Å²) in [6.45, 7) is 7.87. The van der Waals surface area contributed by atoms with E-state index in [0.717, 1.165) is 116 Å². The predicted molar refractivity (Wildman–Crippen MR) is 439 cm³/mol. The highest BCUT2D eigenvalue weighted by Gasteiger charge is 2.60. The van der Waals surface area contributed by atoms with Gasteiger partial charge >= 0.3 is 31.7 Å². The number of unbranched alkanes of at least 4 members (excludes halogenated alkanes) is 40. The van der Waals surface area contributed by atoms with E-state index in [2.05, 4.69) is 58.9 Å². The Morgan fingerprint density at radius 2 is 0.711 bits per heavy atom. The number of carbonyl (C=O) groups is 4. The van der Waals surface area contributed by atoms with E-state index in [1.807, 2.05) is 0 Å². The van der Waals surface area contributed by atoms with E-state index < -0.39 is 162 Å². The lowest BCUT2D eigenvalue weighted by Gasteiger charge is -2.50. The summed E-state index contributed by atoms with van der Waals surface area (Å²) in [5.74, 6) is -2.31. The van der Waals surface area contributed by atoms with Crippen LogP contribution in [-0.4, -0.2) is 205 Å². The molecule has 25 nitrogen and oxygen atoms in total. The molecule has 1 aliphatic carbocycles. The molecular weight excluding hydrogens is 1490 g/mol. The van der Waals surface area contributed by atoms with E-state index in [-0.39, 0.29) is 32.1 Å². The highest BCUT2D eigenvalue weighted by Crippen LogP contribution is 2.49. The second-order valence-corrected chi connectivity index (χ2v) is 34.1. The van der Waals surface area contributed by atoms with Gasteiger partial charge < -0.3 is 88.7 Å². The Labute approximate surface area is 685 Å². The van der Waals surface area contributed by atoms with E-state index in [9.17, 15) is 74.6 Å². The molecule has 668 valence electrons. The van der Waals surface area contributed by atoms with Crippen molar-refractivity contribution in [2.75, 3.05) is 26.4 Å². The molecule has 26 heteroatoms. The van der Waals surface area contributed by atoms with Gasteiger partial charge in [-0.25, -0.2) is 4.57 Å². The monoisotopic (exact) mass is 1650 g/mol. The highest BCUT2D eigenvalue weighted by atomic mass is 31.2. The second kappa shape index (κ2) is 66.6. The van der Waals surface area contributed by atoms with Gasteiger partial charge in [0.25, 0.3) is 0 Å². The maximum Gasteiger partial charge on any atom is 0.472 e. The molecule has 2 saturated heterocycles. The van der Waals surface area contributed by atoms with Gasteiger partial charge in [-0.2, -0.15) is 0 Å². The van der Waals surface area contributed by atoms with Crippen molar-refractivity contribution in [1.82, 2.24) is 0 Å². The van der Waals surface area contributed by atoms with Crippen molar-refractivity contribution >= 4 is 31.7 Å². The van der Waals surface area contributed by atoms with E-state index in [4.69, 9.17) is 46.9 Å². The Morgan fingerprint density at radius 1 is 0.368 bits per heavy atom. The van der Waals surface area contributed by atoms with Gasteiger partial charge in [0.05, 0.1) is 13.2 Å². The molecule has 3 rings (SSSR count). The topological polar surface area (TPSA) is 380 Å². The molecule has 19 atom stereocenters. The molecule has 114 heavy (non-hydrogen) atoms. The molecule has 0 amide bonds. The molecule has 10 N–H and O–H groups in total. The maximum atomic E-state index is 14.9. The summed E-state index contributed by atoms with van der Waals surface area (Å²) in [6, 6.07) is 0. The van der Waals surface area contributed by atoms with Crippen LogP contribution in [0.1, 0.15) is 375 Å². The first kappa shape index (κ1) is 105. The van der Waals surface area contributed by atoms with Gasteiger partial charge in [-0.3, -0.25) is 28.2 Å². The molecule has 1 saturated carbocycles. The first-order chi connectivity index (χ1) is 55.1. The fourth-order valence-electron chi connectivity index (χ4n) is 15.0. The van der Waals surface area contributed by atoms with Crippen LogP contribution in [0.15, 0.2) is 24.3 Å². The number of aliphatic hydroxyl groups excluding tert-OH is 9. The van der Waals surface area contributed by atoms with Crippen molar-refractivity contribution in [2.45, 2.75) is 479 Å². The third kappa shape index (κ3) is 47.2. The second-order valence-electron chi connectivity index (χ2n) is 32.7. The lowest BCUT2D eigenvalue weighted by atomic mass is 9.84. The average Bonchev–Trinajstić information content (AvgIpc) is 0.755. The van der Waals surface area contributed by atoms with Crippen LogP contribution in [0.4, 0.5) is 0 Å². The van der Waals surface area contributed by atoms with E-state index >= 15 is 0 Å². The number of esters is 4. The largest absolute Gasteiger partial charge is 0.472 e. The maximum absolute atomic E-state index is 14.9. The standard InChI is InChI=1S/C88H161O25P/c1-6-10-14-18-22-25-28-31-34-37-40-47-54-60-72(91)105-66-70-76(95)78(97)82(101)88(109-70)112-85-83(110-74(93)62-56-50-42-39-36-33-30-27-24-20-16-12-8-3)79(98)80(99)84(111-87-81(100)77(96)75(94)69(63-89)108-87)86(85)113-114(102,103)106-65-68(107-73(92)61-55-49-41-38-35-32-29-26-23-19-15-11-7-2)64-104-71(90)59-53-48-44-43-46-52-58-67(5)57-51-45-21-17-13-9-4/h31,33-34,36,67-70,75-89,94-101H,6-30,32,35,37-66H2,1-5H3,(H,102,103)/b34-31-,36-33-. The minimum absolute atomic E-state index is 0.00770. The zero-order valence-electron chi connectivity index (χ0n) is 71.0. The summed E-state index contributed by atoms with van der Waals surface area (Å²) in [4.78, 5) is 66.3. The molecular formula is C88H161O25P. The zero-order chi connectivity index (χ0) is 83.4. The van der Waals surface area contributed by atoms with E-state index in [1.165, 1.54) is 154 Å². The van der Waals surface area contributed by atoms with Crippen LogP contribution in [0.25, 0.3) is 0 Å². The minimum atomic E-state index is -5.81. The summed E-state index contributed by atoms with van der Waals surface area (Å²) >= 11 is 0. The Morgan fingerprint density at radius 3 is 1.14 bits per heavy atom. The van der Waals surface area contributed by atoms with Crippen molar-refractivity contribution < 1.29 is 122 Å². The van der Waals surface area contributed by atoms with Crippen LogP contribution < -0.4 is 0 Å². The molecule has 19 unspecified atom stereocenters. The van der Waals surface area contributed by atoms with Crippen LogP contribution in [0, 0.1) is 5.92 Å². The van der Waals surface area contributed by atoms with Crippen molar-refractivity contribution in [3.8, 4) is 0 Å². The molecule has 0 aromatic rings. The predicted octanol–water partition coefficient (Wildman–Crippen LogP) is 16.0. The SMILES string of the molecule is CCCCCCCC/C=C\CCCCCC(=O)OCC1OC(OC2C(OC(=O)CCCCC/C=C\CCCCCCCC)C(O)C(O)C(OC3OC(CO)C(O)C(O)C3O)C2OP(=O)(O)OCC(COC(=O)CCCCCCCCC(C)CCCCCCCC)OC(=O)CCCCCCCCCCCCCCC)C(O)C(O)C1O. The number of phosphoric ester groups is 1. The Bertz CT molecular complexity index is 2490. The fraction of sp³-hybridized carbons (Fsp3) is 0.909. The summed E-state index contributed by atoms with van der Waals surface area (Å²) in [5, 5.41) is 102.